The SMILES string of the molecule is CCn1ncc(C)c1NC(=O)C1CCCCN1C(=O)c1ccccc1. The van der Waals surface area contributed by atoms with Gasteiger partial charge in [-0.1, -0.05) is 18.2 Å². The van der Waals surface area contributed by atoms with Crippen molar-refractivity contribution in [2.45, 2.75) is 45.7 Å². The molecule has 0 aliphatic carbocycles. The predicted molar refractivity (Wildman–Crippen MR) is 96.4 cm³/mol. The number of carbonyl (C=O) groups excluding carboxylic acids is 2. The second-order valence-corrected chi connectivity index (χ2v) is 6.36. The number of aromatic nitrogens is 2. The largest absolute Gasteiger partial charge is 0.327 e. The van der Waals surface area contributed by atoms with Crippen LogP contribution in [0.4, 0.5) is 5.82 Å². The van der Waals surface area contributed by atoms with E-state index in [4.69, 9.17) is 0 Å². The molecule has 1 aliphatic heterocycles. The van der Waals surface area contributed by atoms with Gasteiger partial charge in [0.2, 0.25) is 5.91 Å². The van der Waals surface area contributed by atoms with Gasteiger partial charge in [-0.25, -0.2) is 4.68 Å². The molecule has 0 saturated carbocycles. The van der Waals surface area contributed by atoms with Crippen molar-refractivity contribution in [1.82, 2.24) is 14.7 Å². The van der Waals surface area contributed by atoms with Gasteiger partial charge < -0.3 is 10.2 Å². The Morgan fingerprint density at radius 2 is 2.00 bits per heavy atom. The van der Waals surface area contributed by atoms with Gasteiger partial charge in [0.1, 0.15) is 11.9 Å². The topological polar surface area (TPSA) is 67.2 Å². The van der Waals surface area contributed by atoms with Crippen LogP contribution in [0, 0.1) is 6.92 Å². The Hall–Kier alpha value is -2.63. The Labute approximate surface area is 147 Å². The van der Waals surface area contributed by atoms with Gasteiger partial charge in [-0.3, -0.25) is 9.59 Å². The molecule has 132 valence electrons. The van der Waals surface area contributed by atoms with Crippen molar-refractivity contribution < 1.29 is 9.59 Å². The number of nitrogens with one attached hydrogen (secondary N) is 1. The van der Waals surface area contributed by atoms with E-state index >= 15 is 0 Å². The molecule has 3 rings (SSSR count). The van der Waals surface area contributed by atoms with Crippen LogP contribution < -0.4 is 5.32 Å². The summed E-state index contributed by atoms with van der Waals surface area (Å²) in [6.07, 6.45) is 4.30. The van der Waals surface area contributed by atoms with E-state index in [2.05, 4.69) is 10.4 Å². The van der Waals surface area contributed by atoms with Crippen LogP contribution in [-0.4, -0.2) is 39.1 Å². The van der Waals surface area contributed by atoms with Crippen LogP contribution in [0.15, 0.2) is 36.5 Å². The maximum atomic E-state index is 12.9. The lowest BCUT2D eigenvalue weighted by molar-refractivity contribution is -0.121. The molecule has 0 radical (unpaired) electrons. The van der Waals surface area contributed by atoms with E-state index in [9.17, 15) is 9.59 Å². The molecular formula is C19H24N4O2. The zero-order valence-electron chi connectivity index (χ0n) is 14.7. The Morgan fingerprint density at radius 3 is 2.72 bits per heavy atom. The van der Waals surface area contributed by atoms with Gasteiger partial charge >= 0.3 is 0 Å². The third-order valence-electron chi connectivity index (χ3n) is 4.65. The third-order valence-corrected chi connectivity index (χ3v) is 4.65. The summed E-state index contributed by atoms with van der Waals surface area (Å²) in [7, 11) is 0. The number of amides is 2. The van der Waals surface area contributed by atoms with Crippen molar-refractivity contribution in [3.05, 3.63) is 47.7 Å². The lowest BCUT2D eigenvalue weighted by atomic mass is 10.00. The summed E-state index contributed by atoms with van der Waals surface area (Å²) < 4.78 is 1.76. The highest BCUT2D eigenvalue weighted by atomic mass is 16.2. The Balaban J connectivity index is 1.79. The van der Waals surface area contributed by atoms with E-state index in [1.54, 1.807) is 27.9 Å². The van der Waals surface area contributed by atoms with E-state index in [0.717, 1.165) is 18.4 Å². The van der Waals surface area contributed by atoms with Gasteiger partial charge in [0.25, 0.3) is 5.91 Å². The smallest absolute Gasteiger partial charge is 0.254 e. The Bertz CT molecular complexity index is 754. The highest BCUT2D eigenvalue weighted by Gasteiger charge is 2.33. The van der Waals surface area contributed by atoms with Gasteiger partial charge in [0.15, 0.2) is 0 Å². The number of likely N-dealkylation sites (tertiary alicyclic amines) is 1. The van der Waals surface area contributed by atoms with Crippen LogP contribution in [0.3, 0.4) is 0 Å². The van der Waals surface area contributed by atoms with Crippen molar-refractivity contribution in [2.24, 2.45) is 0 Å². The molecule has 1 aliphatic rings. The number of hydrogen-bond acceptors (Lipinski definition) is 3. The van der Waals surface area contributed by atoms with Gasteiger partial charge in [-0.2, -0.15) is 5.10 Å². The molecule has 1 unspecified atom stereocenters. The Kier molecular flexibility index (Phi) is 5.16. The van der Waals surface area contributed by atoms with Gasteiger partial charge in [-0.15, -0.1) is 0 Å². The summed E-state index contributed by atoms with van der Waals surface area (Å²) in [6, 6.07) is 8.71. The number of benzene rings is 1. The first-order valence-electron chi connectivity index (χ1n) is 8.81. The maximum Gasteiger partial charge on any atom is 0.254 e. The second-order valence-electron chi connectivity index (χ2n) is 6.36. The number of carbonyl (C=O) groups is 2. The summed E-state index contributed by atoms with van der Waals surface area (Å²) in [5.74, 6) is 0.494. The van der Waals surface area contributed by atoms with Crippen molar-refractivity contribution in [3.63, 3.8) is 0 Å². The molecule has 1 saturated heterocycles. The van der Waals surface area contributed by atoms with Crippen LogP contribution in [-0.2, 0) is 11.3 Å². The van der Waals surface area contributed by atoms with Crippen molar-refractivity contribution in [2.75, 3.05) is 11.9 Å². The number of nitrogens with zero attached hydrogens (tertiary/aromatic N) is 3. The molecule has 1 aromatic heterocycles. The molecule has 25 heavy (non-hydrogen) atoms. The normalized spacial score (nSPS) is 17.4. The average Bonchev–Trinajstić information content (AvgIpc) is 3.01. The quantitative estimate of drug-likeness (QED) is 0.930. The van der Waals surface area contributed by atoms with Crippen LogP contribution >= 0.6 is 0 Å². The molecule has 6 nitrogen and oxygen atoms in total. The highest BCUT2D eigenvalue weighted by molar-refractivity contribution is 6.01. The zero-order valence-corrected chi connectivity index (χ0v) is 14.7. The summed E-state index contributed by atoms with van der Waals surface area (Å²) in [6.45, 7) is 5.19. The van der Waals surface area contributed by atoms with E-state index in [1.165, 1.54) is 0 Å². The minimum Gasteiger partial charge on any atom is -0.327 e. The van der Waals surface area contributed by atoms with Gasteiger partial charge in [0.05, 0.1) is 6.20 Å². The molecule has 2 aromatic rings. The van der Waals surface area contributed by atoms with E-state index in [1.807, 2.05) is 32.0 Å². The summed E-state index contributed by atoms with van der Waals surface area (Å²) in [4.78, 5) is 27.4. The molecule has 1 fully saturated rings. The Morgan fingerprint density at radius 1 is 1.24 bits per heavy atom. The maximum absolute atomic E-state index is 12.9. The van der Waals surface area contributed by atoms with E-state index in [-0.39, 0.29) is 11.8 Å². The molecule has 1 aromatic carbocycles. The summed E-state index contributed by atoms with van der Waals surface area (Å²) in [5, 5.41) is 7.24. The molecule has 0 spiro atoms. The molecule has 2 amide bonds. The molecular weight excluding hydrogens is 316 g/mol. The molecule has 1 N–H and O–H groups in total. The fraction of sp³-hybridized carbons (Fsp3) is 0.421. The van der Waals surface area contributed by atoms with E-state index in [0.29, 0.717) is 30.9 Å². The summed E-state index contributed by atoms with van der Waals surface area (Å²) >= 11 is 0. The number of anilines is 1. The number of aryl methyl sites for hydroxylation is 2. The number of hydrogen-bond donors (Lipinski definition) is 1. The summed E-state index contributed by atoms with van der Waals surface area (Å²) in [5.41, 5.74) is 1.55. The van der Waals surface area contributed by atoms with Crippen LogP contribution in [0.2, 0.25) is 0 Å². The van der Waals surface area contributed by atoms with Crippen molar-refractivity contribution >= 4 is 17.6 Å². The fourth-order valence-corrected chi connectivity index (χ4v) is 3.28. The molecule has 1 atom stereocenters. The third kappa shape index (κ3) is 3.57. The first kappa shape index (κ1) is 17.2. The zero-order chi connectivity index (χ0) is 17.8. The standard InChI is InChI=1S/C19H24N4O2/c1-3-23-17(14(2)13-20-23)21-18(24)16-11-7-8-12-22(16)19(25)15-9-5-4-6-10-15/h4-6,9-10,13,16H,3,7-8,11-12H2,1-2H3,(H,21,24). The van der Waals surface area contributed by atoms with Gasteiger partial charge in [-0.05, 0) is 45.2 Å². The van der Waals surface area contributed by atoms with Crippen LogP contribution in [0.25, 0.3) is 0 Å². The minimum absolute atomic E-state index is 0.0822. The number of piperidine rings is 1. The van der Waals surface area contributed by atoms with Crippen molar-refractivity contribution in [3.8, 4) is 0 Å². The van der Waals surface area contributed by atoms with Crippen LogP contribution in [0.5, 0.6) is 0 Å². The lowest BCUT2D eigenvalue weighted by Crippen LogP contribution is -2.50. The van der Waals surface area contributed by atoms with Crippen LogP contribution in [0.1, 0.15) is 42.1 Å². The lowest BCUT2D eigenvalue weighted by Gasteiger charge is -2.34. The minimum atomic E-state index is -0.443. The predicted octanol–water partition coefficient (Wildman–Crippen LogP) is 2.84. The molecule has 0 bridgehead atoms. The monoisotopic (exact) mass is 340 g/mol. The van der Waals surface area contributed by atoms with Gasteiger partial charge in [0, 0.05) is 24.2 Å². The van der Waals surface area contributed by atoms with E-state index < -0.39 is 6.04 Å². The first-order chi connectivity index (χ1) is 12.1. The average molecular weight is 340 g/mol. The first-order valence-corrected chi connectivity index (χ1v) is 8.81. The molecule has 6 heteroatoms. The second kappa shape index (κ2) is 7.51. The van der Waals surface area contributed by atoms with Crippen molar-refractivity contribution in [1.29, 1.82) is 0 Å². The highest BCUT2D eigenvalue weighted by Crippen LogP contribution is 2.22. The molecule has 2 heterocycles. The fourth-order valence-electron chi connectivity index (χ4n) is 3.28. The number of rotatable bonds is 4.